The molecule has 2 saturated heterocycles. The van der Waals surface area contributed by atoms with Crippen LogP contribution in [0, 0.1) is 0 Å². The molecule has 2 unspecified atom stereocenters. The molecule has 3 aromatic carbocycles. The van der Waals surface area contributed by atoms with Gasteiger partial charge in [-0.05, 0) is 105 Å². The highest BCUT2D eigenvalue weighted by Crippen LogP contribution is 2.36. The number of benzene rings is 3. The molecule has 0 bridgehead atoms. The number of carbonyl (C=O) groups excluding carboxylic acids is 3. The molecule has 3 aliphatic rings. The molecule has 5 heterocycles. The van der Waals surface area contributed by atoms with Gasteiger partial charge in [-0.1, -0.05) is 62.8 Å². The molecule has 2 fully saturated rings. The predicted octanol–water partition coefficient (Wildman–Crippen LogP) is 8.18. The van der Waals surface area contributed by atoms with E-state index in [-0.39, 0.29) is 30.2 Å². The lowest BCUT2D eigenvalue weighted by molar-refractivity contribution is -0.136. The molecular formula is C45H52N8O4S. The van der Waals surface area contributed by atoms with Crippen molar-refractivity contribution in [3.63, 3.8) is 0 Å². The smallest absolute Gasteiger partial charge is 0.255 e. The number of likely N-dealkylation sites (tertiary alicyclic amines) is 1. The van der Waals surface area contributed by atoms with E-state index in [2.05, 4.69) is 30.9 Å². The summed E-state index contributed by atoms with van der Waals surface area (Å²) in [4.78, 5) is 51.5. The van der Waals surface area contributed by atoms with Gasteiger partial charge in [0.15, 0.2) is 5.65 Å². The maximum Gasteiger partial charge on any atom is 0.255 e. The number of hydrogen-bond acceptors (Lipinski definition) is 10. The Morgan fingerprint density at radius 1 is 0.828 bits per heavy atom. The number of amides is 3. The van der Waals surface area contributed by atoms with Crippen molar-refractivity contribution in [3.8, 4) is 22.8 Å². The molecule has 5 aromatic rings. The van der Waals surface area contributed by atoms with Crippen molar-refractivity contribution < 1.29 is 19.1 Å². The molecular weight excluding hydrogens is 749 g/mol. The molecule has 302 valence electrons. The highest BCUT2D eigenvalue weighted by Gasteiger charge is 2.39. The summed E-state index contributed by atoms with van der Waals surface area (Å²) in [6.45, 7) is 3.58. The maximum absolute atomic E-state index is 13.1. The van der Waals surface area contributed by atoms with Crippen LogP contribution < -0.4 is 15.8 Å². The summed E-state index contributed by atoms with van der Waals surface area (Å²) >= 11 is 1.81. The number of ether oxygens (including phenoxy) is 1. The standard InChI is InChI=1S/C45H52N8O4S/c46-42-40-41(31-19-21-34(22-20-31)57-33-15-8-7-9-16-33)50-53(43(40)48-30-47-42)32-14-13-26-51(28-32)25-10-5-3-1-2-4-6-11-27-58-38-18-12-17-35-36(38)29-52(45(35)56)37-23-24-39(54)49-44(37)55/h7-9,12,15-22,30,32,37H,1-6,10-11,13-14,23-29H2,(H2,46,47,48)(H,49,54,55). The maximum atomic E-state index is 13.1. The zero-order valence-electron chi connectivity index (χ0n) is 33.0. The van der Waals surface area contributed by atoms with Crippen LogP contribution in [0.25, 0.3) is 22.3 Å². The lowest BCUT2D eigenvalue weighted by Crippen LogP contribution is -2.52. The number of piperidine rings is 2. The summed E-state index contributed by atoms with van der Waals surface area (Å²) < 4.78 is 8.10. The van der Waals surface area contributed by atoms with Crippen LogP contribution in [0.4, 0.5) is 5.82 Å². The normalized spacial score (nSPS) is 18.5. The number of carbonyl (C=O) groups is 3. The first kappa shape index (κ1) is 39.6. The van der Waals surface area contributed by atoms with E-state index < -0.39 is 6.04 Å². The summed E-state index contributed by atoms with van der Waals surface area (Å²) in [6.07, 6.45) is 14.2. The number of fused-ring (bicyclic) bond motifs is 2. The molecule has 3 amide bonds. The van der Waals surface area contributed by atoms with E-state index in [0.717, 1.165) is 88.9 Å². The summed E-state index contributed by atoms with van der Waals surface area (Å²) in [5, 5.41) is 8.32. The van der Waals surface area contributed by atoms with E-state index in [0.29, 0.717) is 24.3 Å². The van der Waals surface area contributed by atoms with E-state index in [4.69, 9.17) is 15.6 Å². The number of hydrogen-bond donors (Lipinski definition) is 2. The van der Waals surface area contributed by atoms with Crippen molar-refractivity contribution in [2.45, 2.75) is 101 Å². The van der Waals surface area contributed by atoms with Gasteiger partial charge >= 0.3 is 0 Å². The van der Waals surface area contributed by atoms with Gasteiger partial charge in [0.25, 0.3) is 5.91 Å². The van der Waals surface area contributed by atoms with Gasteiger partial charge in [0, 0.05) is 35.5 Å². The molecule has 2 atom stereocenters. The predicted molar refractivity (Wildman–Crippen MR) is 227 cm³/mol. The van der Waals surface area contributed by atoms with E-state index >= 15 is 0 Å². The molecule has 12 nitrogen and oxygen atoms in total. The number of thioether (sulfide) groups is 1. The Kier molecular flexibility index (Phi) is 12.6. The molecule has 13 heteroatoms. The molecule has 3 aliphatic heterocycles. The third-order valence-electron chi connectivity index (χ3n) is 11.6. The number of nitrogens with one attached hydrogen (secondary N) is 1. The third-order valence-corrected chi connectivity index (χ3v) is 12.8. The Balaban J connectivity index is 0.743. The molecule has 0 spiro atoms. The summed E-state index contributed by atoms with van der Waals surface area (Å²) in [7, 11) is 0. The van der Waals surface area contributed by atoms with Crippen LogP contribution >= 0.6 is 11.8 Å². The number of aromatic nitrogens is 4. The van der Waals surface area contributed by atoms with Crippen LogP contribution in [-0.4, -0.2) is 78.7 Å². The van der Waals surface area contributed by atoms with Crippen LogP contribution in [0.15, 0.2) is 84.0 Å². The number of para-hydroxylation sites is 1. The van der Waals surface area contributed by atoms with Crippen molar-refractivity contribution in [1.82, 2.24) is 34.9 Å². The van der Waals surface area contributed by atoms with Gasteiger partial charge < -0.3 is 20.3 Å². The Bertz CT molecular complexity index is 2230. The van der Waals surface area contributed by atoms with Gasteiger partial charge in [0.1, 0.15) is 35.4 Å². The molecule has 2 aromatic heterocycles. The van der Waals surface area contributed by atoms with Crippen molar-refractivity contribution in [2.75, 3.05) is 31.1 Å². The van der Waals surface area contributed by atoms with Gasteiger partial charge in [-0.15, -0.1) is 11.8 Å². The van der Waals surface area contributed by atoms with Gasteiger partial charge in [0.2, 0.25) is 11.8 Å². The van der Waals surface area contributed by atoms with E-state index in [1.807, 2.05) is 66.7 Å². The molecule has 0 saturated carbocycles. The minimum atomic E-state index is -0.579. The van der Waals surface area contributed by atoms with E-state index in [9.17, 15) is 14.4 Å². The molecule has 8 rings (SSSR count). The number of nitrogen functional groups attached to an aromatic ring is 1. The Morgan fingerprint density at radius 2 is 1.59 bits per heavy atom. The van der Waals surface area contributed by atoms with Gasteiger partial charge in [-0.2, -0.15) is 5.10 Å². The van der Waals surface area contributed by atoms with Crippen molar-refractivity contribution in [1.29, 1.82) is 0 Å². The van der Waals surface area contributed by atoms with E-state index in [1.54, 1.807) is 16.7 Å². The SMILES string of the molecule is Nc1ncnc2c1c(-c1ccc(Oc3ccccc3)cc1)nn2C1CCCN(CCCCCCCCCCSc2cccc3c2CN(C2CCC(=O)NC2=O)C3=O)C1. The highest BCUT2D eigenvalue weighted by atomic mass is 32.2. The molecule has 58 heavy (non-hydrogen) atoms. The molecule has 0 aliphatic carbocycles. The highest BCUT2D eigenvalue weighted by molar-refractivity contribution is 7.99. The first-order valence-corrected chi connectivity index (χ1v) is 21.9. The number of nitrogens with zero attached hydrogens (tertiary/aromatic N) is 6. The fourth-order valence-corrected chi connectivity index (χ4v) is 9.66. The number of unbranched alkanes of at least 4 members (excludes halogenated alkanes) is 7. The number of rotatable bonds is 17. The number of nitrogens with two attached hydrogens (primary N) is 1. The van der Waals surface area contributed by atoms with Crippen LogP contribution in [0.2, 0.25) is 0 Å². The second kappa shape index (κ2) is 18.5. The van der Waals surface area contributed by atoms with Gasteiger partial charge in [-0.25, -0.2) is 14.6 Å². The number of imide groups is 1. The van der Waals surface area contributed by atoms with Crippen LogP contribution in [0.3, 0.4) is 0 Å². The third kappa shape index (κ3) is 9.05. The first-order valence-electron chi connectivity index (χ1n) is 20.9. The zero-order chi connectivity index (χ0) is 39.8. The topological polar surface area (TPSA) is 149 Å². The monoisotopic (exact) mass is 800 g/mol. The van der Waals surface area contributed by atoms with Crippen molar-refractivity contribution in [2.24, 2.45) is 0 Å². The fraction of sp³-hybridized carbons (Fsp3) is 0.422. The van der Waals surface area contributed by atoms with E-state index in [1.165, 1.54) is 51.3 Å². The Morgan fingerprint density at radius 3 is 2.38 bits per heavy atom. The zero-order valence-corrected chi connectivity index (χ0v) is 33.8. The summed E-state index contributed by atoms with van der Waals surface area (Å²) in [5.74, 6) is 2.26. The van der Waals surface area contributed by atoms with Crippen LogP contribution in [0.5, 0.6) is 11.5 Å². The largest absolute Gasteiger partial charge is 0.457 e. The molecule has 0 radical (unpaired) electrons. The second-order valence-corrected chi connectivity index (χ2v) is 16.8. The van der Waals surface area contributed by atoms with Gasteiger partial charge in [-0.3, -0.25) is 19.7 Å². The molecule has 3 N–H and O–H groups in total. The minimum absolute atomic E-state index is 0.111. The second-order valence-electron chi connectivity index (χ2n) is 15.6. The average Bonchev–Trinajstić information content (AvgIpc) is 3.80. The Hall–Kier alpha value is -5.27. The average molecular weight is 801 g/mol. The quantitative estimate of drug-likeness (QED) is 0.0536. The summed E-state index contributed by atoms with van der Waals surface area (Å²) in [6, 6.07) is 23.2. The first-order chi connectivity index (χ1) is 28.4. The van der Waals surface area contributed by atoms with Gasteiger partial charge in [0.05, 0.1) is 11.4 Å². The number of anilines is 1. The van der Waals surface area contributed by atoms with Crippen LogP contribution in [-0.2, 0) is 16.1 Å². The lowest BCUT2D eigenvalue weighted by Gasteiger charge is -2.33. The lowest BCUT2D eigenvalue weighted by atomic mass is 10.0. The minimum Gasteiger partial charge on any atom is -0.457 e. The van der Waals surface area contributed by atoms with Crippen molar-refractivity contribution in [3.05, 3.63) is 90.3 Å². The Labute approximate surface area is 343 Å². The summed E-state index contributed by atoms with van der Waals surface area (Å²) in [5.41, 5.74) is 10.7. The fourth-order valence-electron chi connectivity index (χ4n) is 8.56. The van der Waals surface area contributed by atoms with Crippen LogP contribution in [0.1, 0.15) is 99.0 Å². The van der Waals surface area contributed by atoms with Crippen molar-refractivity contribution >= 4 is 46.3 Å².